The number of aromatic nitrogens is 1. The van der Waals surface area contributed by atoms with Crippen LogP contribution in [0.25, 0.3) is 0 Å². The molecule has 0 aliphatic rings. The zero-order valence-corrected chi connectivity index (χ0v) is 12.6. The van der Waals surface area contributed by atoms with E-state index in [1.165, 1.54) is 24.3 Å². The van der Waals surface area contributed by atoms with Gasteiger partial charge in [-0.3, -0.25) is 9.59 Å². The number of rotatable bonds is 5. The fourth-order valence-corrected chi connectivity index (χ4v) is 2.11. The highest BCUT2D eigenvalue weighted by molar-refractivity contribution is 5.97. The Bertz CT molecular complexity index is 692. The molecule has 1 heterocycles. The van der Waals surface area contributed by atoms with Crippen molar-refractivity contribution in [2.45, 2.75) is 33.2 Å². The third-order valence-corrected chi connectivity index (χ3v) is 3.15. The van der Waals surface area contributed by atoms with Crippen molar-refractivity contribution in [2.24, 2.45) is 0 Å². The number of ketones is 1. The van der Waals surface area contributed by atoms with Crippen molar-refractivity contribution in [3.63, 3.8) is 0 Å². The second kappa shape index (κ2) is 6.51. The smallest absolute Gasteiger partial charge is 0.289 e. The molecule has 2 rings (SSSR count). The van der Waals surface area contributed by atoms with Crippen LogP contribution in [0.15, 0.2) is 28.7 Å². The van der Waals surface area contributed by atoms with Gasteiger partial charge in [-0.1, -0.05) is 0 Å². The molecule has 2 aromatic rings. The Kier molecular flexibility index (Phi) is 4.70. The number of carbonyl (C=O) groups excluding carboxylic acids is 2. The van der Waals surface area contributed by atoms with Gasteiger partial charge in [-0.05, 0) is 38.1 Å². The Morgan fingerprint density at radius 3 is 2.45 bits per heavy atom. The first-order valence-corrected chi connectivity index (χ1v) is 6.90. The zero-order valence-electron chi connectivity index (χ0n) is 12.6. The minimum Gasteiger partial charge on any atom is -0.436 e. The molecular formula is C16H17FN2O3. The maximum absolute atomic E-state index is 12.8. The second-order valence-corrected chi connectivity index (χ2v) is 5.16. The number of carbonyl (C=O) groups is 2. The van der Waals surface area contributed by atoms with Crippen molar-refractivity contribution in [3.8, 4) is 0 Å². The summed E-state index contributed by atoms with van der Waals surface area (Å²) in [6, 6.07) is 4.94. The van der Waals surface area contributed by atoms with E-state index in [2.05, 4.69) is 10.3 Å². The van der Waals surface area contributed by atoms with Crippen LogP contribution < -0.4 is 5.32 Å². The van der Waals surface area contributed by atoms with Crippen LogP contribution in [0.2, 0.25) is 0 Å². The van der Waals surface area contributed by atoms with E-state index < -0.39 is 11.7 Å². The van der Waals surface area contributed by atoms with Crippen molar-refractivity contribution < 1.29 is 18.4 Å². The zero-order chi connectivity index (χ0) is 16.3. The summed E-state index contributed by atoms with van der Waals surface area (Å²) in [6.45, 7) is 5.06. The SMILES string of the molecule is Cc1nc(C)c(C(=O)N[C@@H](C)CC(=O)c2ccc(F)cc2)o1. The van der Waals surface area contributed by atoms with Gasteiger partial charge in [-0.15, -0.1) is 0 Å². The van der Waals surface area contributed by atoms with Crippen molar-refractivity contribution >= 4 is 11.7 Å². The molecule has 0 saturated heterocycles. The third kappa shape index (κ3) is 3.78. The largest absolute Gasteiger partial charge is 0.436 e. The molecular weight excluding hydrogens is 287 g/mol. The Morgan fingerprint density at radius 1 is 1.27 bits per heavy atom. The fraction of sp³-hybridized carbons (Fsp3) is 0.312. The summed E-state index contributed by atoms with van der Waals surface area (Å²) in [5.41, 5.74) is 0.918. The van der Waals surface area contributed by atoms with Gasteiger partial charge in [0.1, 0.15) is 5.82 Å². The first kappa shape index (κ1) is 15.9. The number of aryl methyl sites for hydroxylation is 2. The van der Waals surface area contributed by atoms with E-state index in [4.69, 9.17) is 4.42 Å². The predicted molar refractivity (Wildman–Crippen MR) is 78.3 cm³/mol. The minimum atomic E-state index is -0.405. The topological polar surface area (TPSA) is 72.2 Å². The quantitative estimate of drug-likeness (QED) is 0.862. The summed E-state index contributed by atoms with van der Waals surface area (Å²) in [6.07, 6.45) is 0.115. The molecule has 5 nitrogen and oxygen atoms in total. The third-order valence-electron chi connectivity index (χ3n) is 3.15. The number of hydrogen-bond acceptors (Lipinski definition) is 4. The van der Waals surface area contributed by atoms with E-state index in [0.717, 1.165) is 0 Å². The lowest BCUT2D eigenvalue weighted by atomic mass is 10.0. The van der Waals surface area contributed by atoms with Crippen LogP contribution in [0.5, 0.6) is 0 Å². The number of benzene rings is 1. The molecule has 0 aliphatic heterocycles. The van der Waals surface area contributed by atoms with Gasteiger partial charge in [0.2, 0.25) is 5.76 Å². The first-order chi connectivity index (χ1) is 10.4. The summed E-state index contributed by atoms with van der Waals surface area (Å²) in [7, 11) is 0. The van der Waals surface area contributed by atoms with Crippen LogP contribution in [0.3, 0.4) is 0 Å². The Hall–Kier alpha value is -2.50. The van der Waals surface area contributed by atoms with Crippen LogP contribution in [0.1, 0.15) is 45.8 Å². The Labute approximate surface area is 127 Å². The number of amides is 1. The number of oxazole rings is 1. The van der Waals surface area contributed by atoms with Gasteiger partial charge >= 0.3 is 0 Å². The van der Waals surface area contributed by atoms with Gasteiger partial charge in [-0.25, -0.2) is 9.37 Å². The van der Waals surface area contributed by atoms with Crippen LogP contribution in [0, 0.1) is 19.7 Å². The summed E-state index contributed by atoms with van der Waals surface area (Å²) < 4.78 is 18.1. The van der Waals surface area contributed by atoms with Crippen LogP contribution in [-0.2, 0) is 0 Å². The molecule has 0 fully saturated rings. The summed E-state index contributed by atoms with van der Waals surface area (Å²) in [4.78, 5) is 28.1. The van der Waals surface area contributed by atoms with E-state index in [-0.39, 0.29) is 24.0 Å². The molecule has 0 unspecified atom stereocenters. The molecule has 6 heteroatoms. The van der Waals surface area contributed by atoms with E-state index in [1.807, 2.05) is 0 Å². The number of hydrogen-bond donors (Lipinski definition) is 1. The lowest BCUT2D eigenvalue weighted by molar-refractivity contribution is 0.0894. The van der Waals surface area contributed by atoms with Gasteiger partial charge in [0.05, 0.1) is 5.69 Å². The van der Waals surface area contributed by atoms with Crippen molar-refractivity contribution in [1.29, 1.82) is 0 Å². The highest BCUT2D eigenvalue weighted by Gasteiger charge is 2.19. The van der Waals surface area contributed by atoms with Crippen LogP contribution in [-0.4, -0.2) is 22.7 Å². The molecule has 0 saturated carbocycles. The minimum absolute atomic E-state index is 0.115. The number of halogens is 1. The molecule has 1 aromatic carbocycles. The van der Waals surface area contributed by atoms with Crippen molar-refractivity contribution in [1.82, 2.24) is 10.3 Å². The van der Waals surface area contributed by atoms with E-state index in [9.17, 15) is 14.0 Å². The maximum atomic E-state index is 12.8. The average Bonchev–Trinajstić information content (AvgIpc) is 2.78. The second-order valence-electron chi connectivity index (χ2n) is 5.16. The molecule has 0 radical (unpaired) electrons. The molecule has 116 valence electrons. The summed E-state index contributed by atoms with van der Waals surface area (Å²) in [5.74, 6) is -0.402. The lowest BCUT2D eigenvalue weighted by Gasteiger charge is -2.12. The fourth-order valence-electron chi connectivity index (χ4n) is 2.11. The van der Waals surface area contributed by atoms with Crippen LogP contribution in [0.4, 0.5) is 4.39 Å². The van der Waals surface area contributed by atoms with Gasteiger partial charge in [0.25, 0.3) is 5.91 Å². The molecule has 1 aromatic heterocycles. The van der Waals surface area contributed by atoms with E-state index >= 15 is 0 Å². The molecule has 22 heavy (non-hydrogen) atoms. The maximum Gasteiger partial charge on any atom is 0.289 e. The molecule has 0 bridgehead atoms. The van der Waals surface area contributed by atoms with E-state index in [1.54, 1.807) is 20.8 Å². The normalized spacial score (nSPS) is 12.0. The molecule has 1 N–H and O–H groups in total. The monoisotopic (exact) mass is 304 g/mol. The van der Waals surface area contributed by atoms with Gasteiger partial charge in [0, 0.05) is 24.9 Å². The van der Waals surface area contributed by atoms with Crippen molar-refractivity contribution in [2.75, 3.05) is 0 Å². The summed E-state index contributed by atoms with van der Waals surface area (Å²) in [5, 5.41) is 2.69. The van der Waals surface area contributed by atoms with Crippen molar-refractivity contribution in [3.05, 3.63) is 53.0 Å². The van der Waals surface area contributed by atoms with Gasteiger partial charge in [-0.2, -0.15) is 0 Å². The van der Waals surface area contributed by atoms with Gasteiger partial charge < -0.3 is 9.73 Å². The van der Waals surface area contributed by atoms with Crippen LogP contribution >= 0.6 is 0 Å². The highest BCUT2D eigenvalue weighted by atomic mass is 19.1. The summed E-state index contributed by atoms with van der Waals surface area (Å²) >= 11 is 0. The van der Waals surface area contributed by atoms with Gasteiger partial charge in [0.15, 0.2) is 11.7 Å². The first-order valence-electron chi connectivity index (χ1n) is 6.90. The lowest BCUT2D eigenvalue weighted by Crippen LogP contribution is -2.34. The molecule has 1 atom stereocenters. The molecule has 0 spiro atoms. The standard InChI is InChI=1S/C16H17FN2O3/c1-9(8-14(20)12-4-6-13(17)7-5-12)18-16(21)15-10(2)19-11(3)22-15/h4-7,9H,8H2,1-3H3,(H,18,21)/t9-/m0/s1. The highest BCUT2D eigenvalue weighted by Crippen LogP contribution is 2.11. The number of nitrogens with zero attached hydrogens (tertiary/aromatic N) is 1. The Morgan fingerprint density at radius 2 is 1.91 bits per heavy atom. The predicted octanol–water partition coefficient (Wildman–Crippen LogP) is 2.82. The van der Waals surface area contributed by atoms with E-state index in [0.29, 0.717) is 17.1 Å². The average molecular weight is 304 g/mol. The number of Topliss-reactive ketones (excluding diaryl/α,β-unsaturated/α-hetero) is 1. The number of nitrogens with one attached hydrogen (secondary N) is 1. The Balaban J connectivity index is 1.96. The molecule has 0 aliphatic carbocycles. The molecule has 1 amide bonds.